The summed E-state index contributed by atoms with van der Waals surface area (Å²) in [5.74, 6) is 1.06. The molecule has 3 rings (SSSR count). The first kappa shape index (κ1) is 17.6. The van der Waals surface area contributed by atoms with Gasteiger partial charge in [0, 0.05) is 18.3 Å². The van der Waals surface area contributed by atoms with E-state index in [1.165, 1.54) is 31.5 Å². The highest BCUT2D eigenvalue weighted by Crippen LogP contribution is 2.22. The zero-order valence-corrected chi connectivity index (χ0v) is 14.7. The Labute approximate surface area is 149 Å². The van der Waals surface area contributed by atoms with Crippen LogP contribution in [0.3, 0.4) is 0 Å². The number of piperidine rings is 1. The maximum absolute atomic E-state index is 11.0. The van der Waals surface area contributed by atoms with Crippen molar-refractivity contribution in [1.29, 1.82) is 0 Å². The number of anilines is 1. The molecule has 0 atom stereocenters. The molecule has 1 aromatic carbocycles. The molecule has 2 heterocycles. The number of likely N-dealkylation sites (tertiary alicyclic amines) is 1. The molecule has 5 nitrogen and oxygen atoms in total. The summed E-state index contributed by atoms with van der Waals surface area (Å²) < 4.78 is 0. The Bertz CT molecular complexity index is 706. The fourth-order valence-corrected chi connectivity index (χ4v) is 3.25. The first-order chi connectivity index (χ1) is 12.2. The van der Waals surface area contributed by atoms with Crippen LogP contribution < -0.4 is 11.1 Å². The highest BCUT2D eigenvalue weighted by Gasteiger charge is 2.15. The van der Waals surface area contributed by atoms with Gasteiger partial charge in [-0.15, -0.1) is 0 Å². The van der Waals surface area contributed by atoms with Crippen molar-refractivity contribution in [2.45, 2.75) is 19.4 Å². The average Bonchev–Trinajstić information content (AvgIpc) is 2.64. The number of nitrogens with zero attached hydrogens (tertiary/aromatic N) is 2. The summed E-state index contributed by atoms with van der Waals surface area (Å²) in [5, 5.41) is 3.58. The van der Waals surface area contributed by atoms with Gasteiger partial charge < -0.3 is 16.0 Å². The Kier molecular flexibility index (Phi) is 5.79. The number of hydrogen-bond acceptors (Lipinski definition) is 5. The van der Waals surface area contributed by atoms with Gasteiger partial charge in [-0.1, -0.05) is 24.3 Å². The predicted molar refractivity (Wildman–Crippen MR) is 101 cm³/mol. The summed E-state index contributed by atoms with van der Waals surface area (Å²) >= 11 is 0. The Balaban J connectivity index is 1.54. The molecule has 5 heteroatoms. The standard InChI is InChI=1S/C20H26N4O/c1-24-8-6-16(7-9-24)12-22-11-15-2-4-17(5-3-15)18-10-19(14-25)20(21)23-13-18/h2-5,10,13-14,16,22H,6-9,11-12H2,1H3,(H2,21,23). The molecule has 0 unspecified atom stereocenters. The molecule has 0 saturated carbocycles. The van der Waals surface area contributed by atoms with Gasteiger partial charge in [-0.25, -0.2) is 4.98 Å². The minimum atomic E-state index is 0.272. The molecule has 0 aliphatic carbocycles. The van der Waals surface area contributed by atoms with Crippen LogP contribution in [0.1, 0.15) is 28.8 Å². The molecular formula is C20H26N4O. The quantitative estimate of drug-likeness (QED) is 0.792. The van der Waals surface area contributed by atoms with Crippen molar-refractivity contribution in [2.75, 3.05) is 32.4 Å². The Morgan fingerprint density at radius 2 is 1.96 bits per heavy atom. The third-order valence-electron chi connectivity index (χ3n) is 4.96. The molecule has 1 aliphatic rings. The lowest BCUT2D eigenvalue weighted by Gasteiger charge is -2.29. The second-order valence-corrected chi connectivity index (χ2v) is 6.89. The van der Waals surface area contributed by atoms with Crippen molar-refractivity contribution in [1.82, 2.24) is 15.2 Å². The number of aldehydes is 1. The van der Waals surface area contributed by atoms with Gasteiger partial charge in [0.05, 0.1) is 5.56 Å². The zero-order valence-electron chi connectivity index (χ0n) is 14.7. The monoisotopic (exact) mass is 338 g/mol. The lowest BCUT2D eigenvalue weighted by Crippen LogP contribution is -2.34. The van der Waals surface area contributed by atoms with E-state index in [0.29, 0.717) is 5.56 Å². The molecule has 1 saturated heterocycles. The first-order valence-corrected chi connectivity index (χ1v) is 8.85. The van der Waals surface area contributed by atoms with E-state index in [2.05, 4.69) is 46.5 Å². The van der Waals surface area contributed by atoms with E-state index < -0.39 is 0 Å². The average molecular weight is 338 g/mol. The molecule has 2 aromatic rings. The number of nitrogen functional groups attached to an aromatic ring is 1. The number of nitrogens with two attached hydrogens (primary N) is 1. The van der Waals surface area contributed by atoms with Gasteiger partial charge in [0.15, 0.2) is 6.29 Å². The largest absolute Gasteiger partial charge is 0.383 e. The normalized spacial score (nSPS) is 16.0. The molecule has 1 fully saturated rings. The van der Waals surface area contributed by atoms with Gasteiger partial charge in [0.2, 0.25) is 0 Å². The van der Waals surface area contributed by atoms with Crippen molar-refractivity contribution in [3.05, 3.63) is 47.7 Å². The fraction of sp³-hybridized carbons (Fsp3) is 0.400. The van der Waals surface area contributed by atoms with Crippen molar-refractivity contribution >= 4 is 12.1 Å². The van der Waals surface area contributed by atoms with Crippen LogP contribution in [-0.2, 0) is 6.54 Å². The third-order valence-corrected chi connectivity index (χ3v) is 4.96. The molecule has 1 aliphatic heterocycles. The summed E-state index contributed by atoms with van der Waals surface area (Å²) in [4.78, 5) is 17.5. The van der Waals surface area contributed by atoms with Gasteiger partial charge in [-0.05, 0) is 62.6 Å². The van der Waals surface area contributed by atoms with E-state index in [1.54, 1.807) is 12.3 Å². The molecule has 0 bridgehead atoms. The van der Waals surface area contributed by atoms with Crippen LogP contribution >= 0.6 is 0 Å². The number of hydrogen-bond donors (Lipinski definition) is 2. The SMILES string of the molecule is CN1CCC(CNCc2ccc(-c3cnc(N)c(C=O)c3)cc2)CC1. The molecule has 0 amide bonds. The number of carbonyl (C=O) groups excluding carboxylic acids is 1. The van der Waals surface area contributed by atoms with Gasteiger partial charge in [0.1, 0.15) is 5.82 Å². The van der Waals surface area contributed by atoms with Crippen LogP contribution in [0.15, 0.2) is 36.5 Å². The molecule has 0 spiro atoms. The smallest absolute Gasteiger partial charge is 0.153 e. The van der Waals surface area contributed by atoms with E-state index >= 15 is 0 Å². The fourth-order valence-electron chi connectivity index (χ4n) is 3.25. The number of benzene rings is 1. The number of aromatic nitrogens is 1. The molecule has 132 valence electrons. The number of carbonyl (C=O) groups is 1. The van der Waals surface area contributed by atoms with Crippen molar-refractivity contribution in [3.8, 4) is 11.1 Å². The van der Waals surface area contributed by atoms with Crippen LogP contribution in [0.2, 0.25) is 0 Å². The van der Waals surface area contributed by atoms with E-state index in [4.69, 9.17) is 5.73 Å². The van der Waals surface area contributed by atoms with Gasteiger partial charge in [-0.3, -0.25) is 4.79 Å². The highest BCUT2D eigenvalue weighted by atomic mass is 16.1. The van der Waals surface area contributed by atoms with Crippen LogP contribution in [0.4, 0.5) is 5.82 Å². The lowest BCUT2D eigenvalue weighted by molar-refractivity contribution is 0.112. The van der Waals surface area contributed by atoms with E-state index in [0.717, 1.165) is 36.4 Å². The summed E-state index contributed by atoms with van der Waals surface area (Å²) in [5.41, 5.74) is 9.31. The van der Waals surface area contributed by atoms with E-state index in [-0.39, 0.29) is 5.82 Å². The maximum atomic E-state index is 11.0. The van der Waals surface area contributed by atoms with Crippen LogP contribution in [-0.4, -0.2) is 42.9 Å². The van der Waals surface area contributed by atoms with Crippen LogP contribution in [0.5, 0.6) is 0 Å². The van der Waals surface area contributed by atoms with Gasteiger partial charge in [0.25, 0.3) is 0 Å². The van der Waals surface area contributed by atoms with Gasteiger partial charge in [-0.2, -0.15) is 0 Å². The summed E-state index contributed by atoms with van der Waals surface area (Å²) in [6, 6.07) is 10.1. The van der Waals surface area contributed by atoms with Gasteiger partial charge >= 0.3 is 0 Å². The number of rotatable bonds is 6. The molecule has 3 N–H and O–H groups in total. The van der Waals surface area contributed by atoms with E-state index in [9.17, 15) is 4.79 Å². The van der Waals surface area contributed by atoms with Crippen molar-refractivity contribution in [2.24, 2.45) is 5.92 Å². The molecule has 0 radical (unpaired) electrons. The predicted octanol–water partition coefficient (Wildman–Crippen LogP) is 2.57. The minimum Gasteiger partial charge on any atom is -0.383 e. The number of nitrogens with one attached hydrogen (secondary N) is 1. The highest BCUT2D eigenvalue weighted by molar-refractivity contribution is 5.84. The zero-order chi connectivity index (χ0) is 17.6. The Morgan fingerprint density at radius 3 is 2.64 bits per heavy atom. The van der Waals surface area contributed by atoms with Crippen molar-refractivity contribution in [3.63, 3.8) is 0 Å². The third kappa shape index (κ3) is 4.65. The molecule has 1 aromatic heterocycles. The summed E-state index contributed by atoms with van der Waals surface area (Å²) in [6.45, 7) is 4.38. The van der Waals surface area contributed by atoms with Crippen molar-refractivity contribution < 1.29 is 4.79 Å². The van der Waals surface area contributed by atoms with Crippen LogP contribution in [0, 0.1) is 5.92 Å². The van der Waals surface area contributed by atoms with Crippen LogP contribution in [0.25, 0.3) is 11.1 Å². The second kappa shape index (κ2) is 8.23. The van der Waals surface area contributed by atoms with E-state index in [1.807, 2.05) is 0 Å². The first-order valence-electron chi connectivity index (χ1n) is 8.85. The second-order valence-electron chi connectivity index (χ2n) is 6.89. The summed E-state index contributed by atoms with van der Waals surface area (Å²) in [6.07, 6.45) is 5.01. The Hall–Kier alpha value is -2.24. The minimum absolute atomic E-state index is 0.272. The number of pyridine rings is 1. The lowest BCUT2D eigenvalue weighted by atomic mass is 9.97. The topological polar surface area (TPSA) is 71.2 Å². The summed E-state index contributed by atoms with van der Waals surface area (Å²) in [7, 11) is 2.19. The molecule has 25 heavy (non-hydrogen) atoms. The Morgan fingerprint density at radius 1 is 1.24 bits per heavy atom. The maximum Gasteiger partial charge on any atom is 0.153 e. The molecular weight excluding hydrogens is 312 g/mol.